The molecule has 1 atom stereocenters. The molecule has 5 nitrogen and oxygen atoms in total. The minimum atomic E-state index is -0.0204. The van der Waals surface area contributed by atoms with Gasteiger partial charge in [0.2, 0.25) is 5.88 Å². The molecule has 1 N–H and O–H groups in total. The van der Waals surface area contributed by atoms with Crippen molar-refractivity contribution < 1.29 is 14.3 Å². The quantitative estimate of drug-likeness (QED) is 0.769. The number of likely N-dealkylation sites (N-methyl/N-ethyl adjacent to an activating group) is 1. The lowest BCUT2D eigenvalue weighted by Gasteiger charge is -2.13. The summed E-state index contributed by atoms with van der Waals surface area (Å²) >= 11 is 0. The van der Waals surface area contributed by atoms with E-state index in [1.165, 1.54) is 6.92 Å². The summed E-state index contributed by atoms with van der Waals surface area (Å²) in [6.07, 6.45) is 1.60. The number of ketones is 1. The summed E-state index contributed by atoms with van der Waals surface area (Å²) in [5.41, 5.74) is 0. The lowest BCUT2D eigenvalue weighted by atomic mass is 10.4. The molecule has 0 aliphatic heterocycles. The average molecular weight is 238 g/mol. The Hall–Kier alpha value is -1.62. The van der Waals surface area contributed by atoms with Crippen LogP contribution in [0.4, 0.5) is 0 Å². The number of nitrogens with zero attached hydrogens (tertiary/aromatic N) is 1. The summed E-state index contributed by atoms with van der Waals surface area (Å²) in [5, 5.41) is 3.02. The third-order valence-corrected chi connectivity index (χ3v) is 1.96. The van der Waals surface area contributed by atoms with E-state index in [9.17, 15) is 4.79 Å². The molecule has 0 aliphatic rings. The lowest BCUT2D eigenvalue weighted by Crippen LogP contribution is -2.26. The number of pyridine rings is 1. The van der Waals surface area contributed by atoms with Crippen molar-refractivity contribution in [3.8, 4) is 11.6 Å². The van der Waals surface area contributed by atoms with Crippen molar-refractivity contribution >= 4 is 5.78 Å². The van der Waals surface area contributed by atoms with Crippen LogP contribution in [-0.2, 0) is 4.79 Å². The molecule has 1 aromatic rings. The monoisotopic (exact) mass is 238 g/mol. The van der Waals surface area contributed by atoms with Gasteiger partial charge in [0.15, 0.2) is 5.78 Å². The summed E-state index contributed by atoms with van der Waals surface area (Å²) < 4.78 is 10.7. The fraction of sp³-hybridized carbons (Fsp3) is 0.500. The van der Waals surface area contributed by atoms with Gasteiger partial charge in [-0.05, 0) is 27.0 Å². The van der Waals surface area contributed by atoms with E-state index >= 15 is 0 Å². The van der Waals surface area contributed by atoms with Crippen molar-refractivity contribution in [1.82, 2.24) is 10.3 Å². The van der Waals surface area contributed by atoms with E-state index in [0.717, 1.165) is 6.54 Å². The second kappa shape index (κ2) is 6.85. The first-order valence-electron chi connectivity index (χ1n) is 5.51. The minimum Gasteiger partial charge on any atom is -0.484 e. The van der Waals surface area contributed by atoms with Gasteiger partial charge in [-0.25, -0.2) is 4.98 Å². The Morgan fingerprint density at radius 3 is 2.82 bits per heavy atom. The van der Waals surface area contributed by atoms with Gasteiger partial charge < -0.3 is 14.8 Å². The molecular formula is C12H18N2O3. The van der Waals surface area contributed by atoms with Gasteiger partial charge in [0, 0.05) is 12.6 Å². The molecule has 0 aromatic carbocycles. The lowest BCUT2D eigenvalue weighted by molar-refractivity contribution is -0.118. The Kier molecular flexibility index (Phi) is 5.42. The van der Waals surface area contributed by atoms with E-state index in [2.05, 4.69) is 10.3 Å². The van der Waals surface area contributed by atoms with E-state index in [1.807, 2.05) is 14.0 Å². The van der Waals surface area contributed by atoms with Crippen LogP contribution in [0.3, 0.4) is 0 Å². The first-order chi connectivity index (χ1) is 8.11. The van der Waals surface area contributed by atoms with E-state index in [1.54, 1.807) is 18.3 Å². The summed E-state index contributed by atoms with van der Waals surface area (Å²) in [7, 11) is 1.87. The maximum atomic E-state index is 10.7. The molecule has 94 valence electrons. The third-order valence-electron chi connectivity index (χ3n) is 1.96. The number of hydrogen-bond donors (Lipinski definition) is 1. The van der Waals surface area contributed by atoms with Crippen molar-refractivity contribution in [2.24, 2.45) is 0 Å². The number of rotatable bonds is 7. The molecule has 0 saturated carbocycles. The molecular weight excluding hydrogens is 220 g/mol. The normalized spacial score (nSPS) is 11.9. The highest BCUT2D eigenvalue weighted by Gasteiger charge is 2.04. The van der Waals surface area contributed by atoms with Crippen LogP contribution in [0.2, 0.25) is 0 Å². The molecule has 1 aromatic heterocycles. The van der Waals surface area contributed by atoms with Crippen molar-refractivity contribution in [1.29, 1.82) is 0 Å². The topological polar surface area (TPSA) is 60.5 Å². The van der Waals surface area contributed by atoms with Crippen LogP contribution >= 0.6 is 0 Å². The van der Waals surface area contributed by atoms with Gasteiger partial charge in [0.05, 0.1) is 6.20 Å². The summed E-state index contributed by atoms with van der Waals surface area (Å²) in [6, 6.07) is 3.46. The Labute approximate surface area is 101 Å². The van der Waals surface area contributed by atoms with Gasteiger partial charge in [-0.1, -0.05) is 0 Å². The zero-order valence-corrected chi connectivity index (χ0v) is 10.4. The number of carbonyl (C=O) groups excluding carboxylic acids is 1. The van der Waals surface area contributed by atoms with Gasteiger partial charge in [0.25, 0.3) is 0 Å². The first kappa shape index (κ1) is 13.4. The molecule has 17 heavy (non-hydrogen) atoms. The van der Waals surface area contributed by atoms with Crippen molar-refractivity contribution in [2.75, 3.05) is 20.2 Å². The zero-order valence-electron chi connectivity index (χ0n) is 10.4. The van der Waals surface area contributed by atoms with Crippen LogP contribution in [0.15, 0.2) is 18.3 Å². The molecule has 0 radical (unpaired) electrons. The molecule has 5 heteroatoms. The van der Waals surface area contributed by atoms with Gasteiger partial charge in [-0.2, -0.15) is 0 Å². The van der Waals surface area contributed by atoms with Crippen LogP contribution in [0, 0.1) is 0 Å². The summed E-state index contributed by atoms with van der Waals surface area (Å²) in [4.78, 5) is 14.8. The molecule has 1 rings (SSSR count). The molecule has 0 fully saturated rings. The van der Waals surface area contributed by atoms with Crippen LogP contribution in [0.25, 0.3) is 0 Å². The standard InChI is InChI=1S/C12H18N2O3/c1-9(15)8-16-11-4-5-12(14-7-11)17-10(2)6-13-3/h4-5,7,10,13H,6,8H2,1-3H3/t10-/m0/s1. The number of hydrogen-bond acceptors (Lipinski definition) is 5. The van der Waals surface area contributed by atoms with Crippen LogP contribution in [0.5, 0.6) is 11.6 Å². The minimum absolute atomic E-state index is 0.0204. The summed E-state index contributed by atoms with van der Waals surface area (Å²) in [5.74, 6) is 1.09. The maximum absolute atomic E-state index is 10.7. The van der Waals surface area contributed by atoms with Gasteiger partial charge >= 0.3 is 0 Å². The van der Waals surface area contributed by atoms with Gasteiger partial charge in [0.1, 0.15) is 18.5 Å². The number of Topliss-reactive ketones (excluding diaryl/α,β-unsaturated/α-hetero) is 1. The highest BCUT2D eigenvalue weighted by Crippen LogP contribution is 2.14. The second-order valence-corrected chi connectivity index (χ2v) is 3.81. The zero-order chi connectivity index (χ0) is 12.7. The number of nitrogens with one attached hydrogen (secondary N) is 1. The smallest absolute Gasteiger partial charge is 0.213 e. The Bertz CT molecular complexity index is 351. The predicted molar refractivity (Wildman–Crippen MR) is 64.4 cm³/mol. The molecule has 0 bridgehead atoms. The fourth-order valence-corrected chi connectivity index (χ4v) is 1.24. The fourth-order valence-electron chi connectivity index (χ4n) is 1.24. The average Bonchev–Trinajstić information content (AvgIpc) is 2.28. The summed E-state index contributed by atoms with van der Waals surface area (Å²) in [6.45, 7) is 4.25. The van der Waals surface area contributed by atoms with Crippen molar-refractivity contribution in [2.45, 2.75) is 20.0 Å². The Morgan fingerprint density at radius 1 is 1.53 bits per heavy atom. The number of ether oxygens (including phenoxy) is 2. The number of aromatic nitrogens is 1. The molecule has 0 unspecified atom stereocenters. The van der Waals surface area contributed by atoms with Gasteiger partial charge in [-0.3, -0.25) is 4.79 Å². The molecule has 0 spiro atoms. The second-order valence-electron chi connectivity index (χ2n) is 3.81. The van der Waals surface area contributed by atoms with Crippen LogP contribution in [-0.4, -0.2) is 37.1 Å². The van der Waals surface area contributed by atoms with E-state index < -0.39 is 0 Å². The third kappa shape index (κ3) is 5.31. The maximum Gasteiger partial charge on any atom is 0.213 e. The highest BCUT2D eigenvalue weighted by molar-refractivity contribution is 5.77. The van der Waals surface area contributed by atoms with Gasteiger partial charge in [-0.15, -0.1) is 0 Å². The molecule has 0 amide bonds. The van der Waals surface area contributed by atoms with Crippen LogP contribution in [0.1, 0.15) is 13.8 Å². The first-order valence-corrected chi connectivity index (χ1v) is 5.51. The van der Waals surface area contributed by atoms with E-state index in [4.69, 9.17) is 9.47 Å². The number of carbonyl (C=O) groups is 1. The van der Waals surface area contributed by atoms with E-state index in [-0.39, 0.29) is 18.5 Å². The van der Waals surface area contributed by atoms with Crippen molar-refractivity contribution in [3.05, 3.63) is 18.3 Å². The molecule has 0 saturated heterocycles. The Morgan fingerprint density at radius 2 is 2.29 bits per heavy atom. The van der Waals surface area contributed by atoms with Crippen LogP contribution < -0.4 is 14.8 Å². The Balaban J connectivity index is 2.47. The predicted octanol–water partition coefficient (Wildman–Crippen LogP) is 1.04. The largest absolute Gasteiger partial charge is 0.484 e. The molecule has 0 aliphatic carbocycles. The highest BCUT2D eigenvalue weighted by atomic mass is 16.5. The van der Waals surface area contributed by atoms with Crippen molar-refractivity contribution in [3.63, 3.8) is 0 Å². The van der Waals surface area contributed by atoms with E-state index in [0.29, 0.717) is 11.6 Å². The molecule has 1 heterocycles. The SMILES string of the molecule is CNC[C@H](C)Oc1ccc(OCC(C)=O)cn1.